The number of ether oxygens (including phenoxy) is 2. The minimum atomic E-state index is -4.42. The maximum Gasteiger partial charge on any atom is 0.316 e. The number of carbonyl (C=O) groups is 1. The normalized spacial score (nSPS) is 12.3. The van der Waals surface area contributed by atoms with Crippen molar-refractivity contribution >= 4 is 26.5 Å². The molecule has 0 radical (unpaired) electrons. The molecule has 1 aromatic heterocycles. The van der Waals surface area contributed by atoms with E-state index in [9.17, 15) is 21.6 Å². The fourth-order valence-corrected chi connectivity index (χ4v) is 3.08. The molecule has 0 atom stereocenters. The van der Waals surface area contributed by atoms with Crippen molar-refractivity contribution in [3.63, 3.8) is 0 Å². The van der Waals surface area contributed by atoms with Crippen LogP contribution in [0.3, 0.4) is 0 Å². The molecule has 124 valence electrons. The van der Waals surface area contributed by atoms with Gasteiger partial charge in [-0.25, -0.2) is 13.4 Å². The van der Waals surface area contributed by atoms with Gasteiger partial charge >= 0.3 is 10.1 Å². The highest BCUT2D eigenvalue weighted by Gasteiger charge is 2.25. The Morgan fingerprint density at radius 1 is 1.05 bits per heavy atom. The van der Waals surface area contributed by atoms with Gasteiger partial charge in [-0.2, -0.15) is 16.8 Å². The van der Waals surface area contributed by atoms with Gasteiger partial charge in [-0.3, -0.25) is 4.79 Å². The molecule has 0 spiro atoms. The number of pyridine rings is 1. The molecule has 0 fully saturated rings. The van der Waals surface area contributed by atoms with Gasteiger partial charge in [0.2, 0.25) is 0 Å². The van der Waals surface area contributed by atoms with Crippen LogP contribution in [0.15, 0.2) is 22.2 Å². The standard InChI is InChI=1S/C10H13NO9S2/c1-17-6-19-21(13,14)9-3-10(11-4-8(9)5-12)22(15,16)20-7-18-2/h3-5H,6-7H2,1-2H3. The fraction of sp³-hybridized carbons (Fsp3) is 0.400. The zero-order valence-electron chi connectivity index (χ0n) is 11.6. The summed E-state index contributed by atoms with van der Waals surface area (Å²) in [5.74, 6) is 0. The van der Waals surface area contributed by atoms with Gasteiger partial charge in [0.1, 0.15) is 4.90 Å². The van der Waals surface area contributed by atoms with E-state index in [1.165, 1.54) is 14.2 Å². The monoisotopic (exact) mass is 355 g/mol. The maximum atomic E-state index is 11.9. The van der Waals surface area contributed by atoms with Crippen LogP contribution in [0.1, 0.15) is 10.4 Å². The summed E-state index contributed by atoms with van der Waals surface area (Å²) in [6.45, 7) is -1.19. The number of aldehydes is 1. The Morgan fingerprint density at radius 3 is 2.09 bits per heavy atom. The smallest absolute Gasteiger partial charge is 0.316 e. The molecule has 10 nitrogen and oxygen atoms in total. The van der Waals surface area contributed by atoms with Crippen molar-refractivity contribution in [3.8, 4) is 0 Å². The maximum absolute atomic E-state index is 11.9. The predicted octanol–water partition coefficient (Wildman–Crippen LogP) is -0.488. The van der Waals surface area contributed by atoms with Gasteiger partial charge in [0, 0.05) is 20.4 Å². The van der Waals surface area contributed by atoms with E-state index in [2.05, 4.69) is 22.8 Å². The van der Waals surface area contributed by atoms with Crippen molar-refractivity contribution in [1.29, 1.82) is 0 Å². The average molecular weight is 355 g/mol. The van der Waals surface area contributed by atoms with Crippen molar-refractivity contribution in [1.82, 2.24) is 4.98 Å². The Labute approximate surface area is 127 Å². The molecule has 0 N–H and O–H groups in total. The van der Waals surface area contributed by atoms with Crippen LogP contribution in [0.2, 0.25) is 0 Å². The van der Waals surface area contributed by atoms with E-state index in [0.717, 1.165) is 6.20 Å². The Morgan fingerprint density at radius 2 is 1.59 bits per heavy atom. The zero-order valence-corrected chi connectivity index (χ0v) is 13.2. The first-order chi connectivity index (χ1) is 10.3. The molecule has 0 aromatic carbocycles. The summed E-state index contributed by atoms with van der Waals surface area (Å²) >= 11 is 0. The second-order valence-corrected chi connectivity index (χ2v) is 6.78. The predicted molar refractivity (Wildman–Crippen MR) is 69.9 cm³/mol. The van der Waals surface area contributed by atoms with Crippen molar-refractivity contribution < 1.29 is 39.5 Å². The number of rotatable bonds is 9. The van der Waals surface area contributed by atoms with Crippen LogP contribution in [0.25, 0.3) is 0 Å². The van der Waals surface area contributed by atoms with Gasteiger partial charge < -0.3 is 9.47 Å². The SMILES string of the molecule is COCOS(=O)(=O)c1cc(S(=O)(=O)OCOC)c(C=O)cn1. The summed E-state index contributed by atoms with van der Waals surface area (Å²) in [6.07, 6.45) is 0.974. The largest absolute Gasteiger partial charge is 0.357 e. The first kappa shape index (κ1) is 18.6. The highest BCUT2D eigenvalue weighted by Crippen LogP contribution is 2.20. The second kappa shape index (κ2) is 7.71. The summed E-state index contributed by atoms with van der Waals surface area (Å²) in [5, 5.41) is -0.713. The Bertz CT molecular complexity index is 727. The number of carbonyl (C=O) groups excluding carboxylic acids is 1. The van der Waals surface area contributed by atoms with Gasteiger partial charge in [0.15, 0.2) is 24.9 Å². The van der Waals surface area contributed by atoms with Crippen molar-refractivity contribution in [2.75, 3.05) is 27.8 Å². The summed E-state index contributed by atoms with van der Waals surface area (Å²) < 4.78 is 65.2. The molecule has 0 saturated heterocycles. The van der Waals surface area contributed by atoms with Crippen LogP contribution >= 0.6 is 0 Å². The molecule has 1 aromatic rings. The average Bonchev–Trinajstić information content (AvgIpc) is 2.50. The van der Waals surface area contributed by atoms with E-state index in [-0.39, 0.29) is 11.8 Å². The first-order valence-corrected chi connectivity index (χ1v) is 8.32. The molecular formula is C10H13NO9S2. The molecule has 1 rings (SSSR count). The Hall–Kier alpha value is -1.44. The van der Waals surface area contributed by atoms with Crippen molar-refractivity contribution in [3.05, 3.63) is 17.8 Å². The number of hydrogen-bond acceptors (Lipinski definition) is 10. The van der Waals surface area contributed by atoms with Gasteiger partial charge in [0.25, 0.3) is 10.1 Å². The van der Waals surface area contributed by atoms with Crippen LogP contribution in [0, 0.1) is 0 Å². The lowest BCUT2D eigenvalue weighted by molar-refractivity contribution is 0.0557. The number of methoxy groups -OCH3 is 2. The highest BCUT2D eigenvalue weighted by atomic mass is 32.2. The van der Waals surface area contributed by atoms with Gasteiger partial charge in [-0.1, -0.05) is 0 Å². The lowest BCUT2D eigenvalue weighted by Crippen LogP contribution is -2.15. The molecule has 0 unspecified atom stereocenters. The third-order valence-electron chi connectivity index (χ3n) is 2.16. The minimum Gasteiger partial charge on any atom is -0.357 e. The fourth-order valence-electron chi connectivity index (χ4n) is 1.22. The van der Waals surface area contributed by atoms with E-state index in [0.29, 0.717) is 6.07 Å². The molecule has 0 saturated carbocycles. The summed E-state index contributed by atoms with van der Waals surface area (Å²) in [7, 11) is -6.38. The number of aromatic nitrogens is 1. The van der Waals surface area contributed by atoms with Gasteiger partial charge in [0.05, 0.1) is 5.56 Å². The van der Waals surface area contributed by atoms with Gasteiger partial charge in [-0.15, -0.1) is 0 Å². The zero-order chi connectivity index (χ0) is 16.8. The summed E-state index contributed by atoms with van der Waals surface area (Å²) in [5.41, 5.74) is -0.373. The molecule has 0 aliphatic rings. The third kappa shape index (κ3) is 4.53. The molecule has 0 aliphatic carbocycles. The van der Waals surface area contributed by atoms with Crippen LogP contribution in [0.5, 0.6) is 0 Å². The van der Waals surface area contributed by atoms with Crippen LogP contribution in [0.4, 0.5) is 0 Å². The molecule has 22 heavy (non-hydrogen) atoms. The molecule has 0 bridgehead atoms. The summed E-state index contributed by atoms with van der Waals surface area (Å²) in [6, 6.07) is 0.652. The second-order valence-electron chi connectivity index (χ2n) is 3.64. The molecular weight excluding hydrogens is 342 g/mol. The van der Waals surface area contributed by atoms with Crippen LogP contribution < -0.4 is 0 Å². The molecule has 0 amide bonds. The van der Waals surface area contributed by atoms with E-state index in [1.807, 2.05) is 0 Å². The van der Waals surface area contributed by atoms with Crippen LogP contribution in [-0.4, -0.2) is 55.9 Å². The van der Waals surface area contributed by atoms with Crippen LogP contribution in [-0.2, 0) is 38.1 Å². The van der Waals surface area contributed by atoms with E-state index < -0.39 is 43.7 Å². The van der Waals surface area contributed by atoms with Gasteiger partial charge in [-0.05, 0) is 6.07 Å². The van der Waals surface area contributed by atoms with Crippen molar-refractivity contribution in [2.24, 2.45) is 0 Å². The topological polar surface area (TPSA) is 135 Å². The minimum absolute atomic E-state index is 0.197. The summed E-state index contributed by atoms with van der Waals surface area (Å²) in [4.78, 5) is 13.7. The van der Waals surface area contributed by atoms with E-state index in [4.69, 9.17) is 0 Å². The van der Waals surface area contributed by atoms with E-state index >= 15 is 0 Å². The first-order valence-electron chi connectivity index (χ1n) is 5.50. The Balaban J connectivity index is 3.33. The highest BCUT2D eigenvalue weighted by molar-refractivity contribution is 7.87. The lowest BCUT2D eigenvalue weighted by Gasteiger charge is -2.09. The van der Waals surface area contributed by atoms with E-state index in [1.54, 1.807) is 0 Å². The molecule has 0 aliphatic heterocycles. The van der Waals surface area contributed by atoms with Crippen molar-refractivity contribution in [2.45, 2.75) is 9.92 Å². The Kier molecular flexibility index (Phi) is 6.52. The molecule has 1 heterocycles. The third-order valence-corrected chi connectivity index (χ3v) is 4.61. The number of hydrogen-bond donors (Lipinski definition) is 0. The quantitative estimate of drug-likeness (QED) is 0.324. The number of nitrogens with zero attached hydrogens (tertiary/aromatic N) is 1. The molecule has 12 heteroatoms. The lowest BCUT2D eigenvalue weighted by atomic mass is 10.3.